The first-order chi connectivity index (χ1) is 11.5. The lowest BCUT2D eigenvalue weighted by molar-refractivity contribution is 0.0318. The third-order valence-corrected chi connectivity index (χ3v) is 4.05. The van der Waals surface area contributed by atoms with Crippen LogP contribution in [-0.2, 0) is 4.74 Å². The topological polar surface area (TPSA) is 61.8 Å². The summed E-state index contributed by atoms with van der Waals surface area (Å²) in [6, 6.07) is 10.2. The van der Waals surface area contributed by atoms with Crippen LogP contribution in [0.3, 0.4) is 0 Å². The van der Waals surface area contributed by atoms with E-state index < -0.39 is 12.1 Å². The van der Waals surface area contributed by atoms with Crippen LogP contribution in [0.15, 0.2) is 36.4 Å². The maximum absolute atomic E-state index is 12.4. The van der Waals surface area contributed by atoms with E-state index >= 15 is 0 Å². The molecule has 0 radical (unpaired) electrons. The normalized spacial score (nSPS) is 13.5. The summed E-state index contributed by atoms with van der Waals surface area (Å²) >= 11 is 0. The van der Waals surface area contributed by atoms with E-state index in [0.29, 0.717) is 22.6 Å². The van der Waals surface area contributed by atoms with Gasteiger partial charge in [-0.3, -0.25) is 4.79 Å². The quantitative estimate of drug-likeness (QED) is 0.636. The van der Waals surface area contributed by atoms with Gasteiger partial charge in [-0.2, -0.15) is 0 Å². The lowest BCUT2D eigenvalue weighted by Gasteiger charge is -2.13. The molecule has 5 nitrogen and oxygen atoms in total. The van der Waals surface area contributed by atoms with Crippen LogP contribution in [0.25, 0.3) is 0 Å². The maximum Gasteiger partial charge on any atom is 0.338 e. The van der Waals surface area contributed by atoms with Crippen molar-refractivity contribution in [3.8, 4) is 11.5 Å². The lowest BCUT2D eigenvalue weighted by atomic mass is 10.0. The fraction of sp³-hybridized carbons (Fsp3) is 0.263. The van der Waals surface area contributed by atoms with Gasteiger partial charge in [0.1, 0.15) is 0 Å². The first kappa shape index (κ1) is 16.1. The van der Waals surface area contributed by atoms with Gasteiger partial charge in [0.15, 0.2) is 17.6 Å². The van der Waals surface area contributed by atoms with Gasteiger partial charge in [-0.05, 0) is 56.2 Å². The summed E-state index contributed by atoms with van der Waals surface area (Å²) in [5, 5.41) is 0. The Hall–Kier alpha value is -2.82. The number of carbonyl (C=O) groups excluding carboxylic acids is 2. The number of aryl methyl sites for hydroxylation is 2. The van der Waals surface area contributed by atoms with Crippen molar-refractivity contribution in [2.75, 3.05) is 6.79 Å². The van der Waals surface area contributed by atoms with Crippen molar-refractivity contribution in [2.45, 2.75) is 26.9 Å². The van der Waals surface area contributed by atoms with Gasteiger partial charge in [-0.15, -0.1) is 0 Å². The van der Waals surface area contributed by atoms with Gasteiger partial charge in [0.05, 0.1) is 5.56 Å². The van der Waals surface area contributed by atoms with Gasteiger partial charge >= 0.3 is 5.97 Å². The van der Waals surface area contributed by atoms with E-state index in [0.717, 1.165) is 11.1 Å². The third-order valence-electron chi connectivity index (χ3n) is 4.05. The summed E-state index contributed by atoms with van der Waals surface area (Å²) in [5.74, 6) is 0.286. The molecule has 0 saturated heterocycles. The Kier molecular flexibility index (Phi) is 4.25. The molecule has 1 heterocycles. The van der Waals surface area contributed by atoms with E-state index in [1.807, 2.05) is 26.0 Å². The fourth-order valence-electron chi connectivity index (χ4n) is 2.44. The van der Waals surface area contributed by atoms with Crippen LogP contribution < -0.4 is 9.47 Å². The van der Waals surface area contributed by atoms with Crippen molar-refractivity contribution in [2.24, 2.45) is 0 Å². The number of esters is 1. The molecule has 0 N–H and O–H groups in total. The number of rotatable bonds is 4. The van der Waals surface area contributed by atoms with E-state index in [2.05, 4.69) is 0 Å². The van der Waals surface area contributed by atoms with Gasteiger partial charge in [-0.25, -0.2) is 4.79 Å². The van der Waals surface area contributed by atoms with Crippen molar-refractivity contribution in [1.29, 1.82) is 0 Å². The lowest BCUT2D eigenvalue weighted by Crippen LogP contribution is -2.24. The molecular formula is C19H18O5. The summed E-state index contributed by atoms with van der Waals surface area (Å²) in [4.78, 5) is 24.7. The van der Waals surface area contributed by atoms with E-state index in [1.54, 1.807) is 31.2 Å². The number of hydrogen-bond acceptors (Lipinski definition) is 5. The molecule has 2 aromatic carbocycles. The Balaban J connectivity index is 1.71. The molecular weight excluding hydrogens is 308 g/mol. The second kappa shape index (κ2) is 6.35. The largest absolute Gasteiger partial charge is 0.454 e. The molecule has 0 unspecified atom stereocenters. The van der Waals surface area contributed by atoms with Crippen molar-refractivity contribution < 1.29 is 23.8 Å². The van der Waals surface area contributed by atoms with Crippen LogP contribution >= 0.6 is 0 Å². The number of ether oxygens (including phenoxy) is 3. The number of fused-ring (bicyclic) bond motifs is 1. The molecule has 0 aliphatic carbocycles. The van der Waals surface area contributed by atoms with Crippen molar-refractivity contribution >= 4 is 11.8 Å². The SMILES string of the molecule is Cc1ccc(C(=O)[C@H](C)OC(=O)c2ccc3c(c2)OCO3)cc1C. The third kappa shape index (κ3) is 3.11. The van der Waals surface area contributed by atoms with E-state index in [4.69, 9.17) is 14.2 Å². The zero-order valence-electron chi connectivity index (χ0n) is 13.8. The van der Waals surface area contributed by atoms with Crippen molar-refractivity contribution in [3.63, 3.8) is 0 Å². The summed E-state index contributed by atoms with van der Waals surface area (Å²) < 4.78 is 15.7. The number of benzene rings is 2. The average Bonchev–Trinajstić information content (AvgIpc) is 3.04. The van der Waals surface area contributed by atoms with Crippen LogP contribution in [0, 0.1) is 13.8 Å². The van der Waals surface area contributed by atoms with Crippen LogP contribution in [0.4, 0.5) is 0 Å². The number of Topliss-reactive ketones (excluding diaryl/α,β-unsaturated/α-hetero) is 1. The number of carbonyl (C=O) groups is 2. The molecule has 0 saturated carbocycles. The molecule has 0 fully saturated rings. The van der Waals surface area contributed by atoms with E-state index in [9.17, 15) is 9.59 Å². The molecule has 0 aromatic heterocycles. The minimum atomic E-state index is -0.870. The van der Waals surface area contributed by atoms with Gasteiger partial charge in [0.25, 0.3) is 0 Å². The molecule has 0 amide bonds. The summed E-state index contributed by atoms with van der Waals surface area (Å²) in [7, 11) is 0. The molecule has 1 aliphatic heterocycles. The molecule has 3 rings (SSSR count). The Morgan fingerprint density at radius 1 is 0.958 bits per heavy atom. The fourth-order valence-corrected chi connectivity index (χ4v) is 2.44. The van der Waals surface area contributed by atoms with Gasteiger partial charge in [0.2, 0.25) is 12.6 Å². The van der Waals surface area contributed by atoms with E-state index in [-0.39, 0.29) is 12.6 Å². The molecule has 0 bridgehead atoms. The molecule has 5 heteroatoms. The summed E-state index contributed by atoms with van der Waals surface area (Å²) in [6.07, 6.45) is -0.870. The Morgan fingerprint density at radius 3 is 2.42 bits per heavy atom. The number of ketones is 1. The Labute approximate surface area is 140 Å². The zero-order chi connectivity index (χ0) is 17.3. The highest BCUT2D eigenvalue weighted by Gasteiger charge is 2.22. The van der Waals surface area contributed by atoms with Gasteiger partial charge < -0.3 is 14.2 Å². The first-order valence-corrected chi connectivity index (χ1v) is 7.68. The van der Waals surface area contributed by atoms with Crippen molar-refractivity contribution in [3.05, 3.63) is 58.7 Å². The predicted molar refractivity (Wildman–Crippen MR) is 87.7 cm³/mol. The molecule has 1 aliphatic rings. The van der Waals surface area contributed by atoms with Crippen LogP contribution in [0.5, 0.6) is 11.5 Å². The van der Waals surface area contributed by atoms with E-state index in [1.165, 1.54) is 0 Å². The molecule has 1 atom stereocenters. The monoisotopic (exact) mass is 326 g/mol. The van der Waals surface area contributed by atoms with Crippen LogP contribution in [0.2, 0.25) is 0 Å². The van der Waals surface area contributed by atoms with Crippen LogP contribution in [-0.4, -0.2) is 24.6 Å². The van der Waals surface area contributed by atoms with Crippen LogP contribution in [0.1, 0.15) is 38.8 Å². The summed E-state index contributed by atoms with van der Waals surface area (Å²) in [6.45, 7) is 5.62. The molecule has 24 heavy (non-hydrogen) atoms. The summed E-state index contributed by atoms with van der Waals surface area (Å²) in [5.41, 5.74) is 2.98. The minimum absolute atomic E-state index is 0.134. The minimum Gasteiger partial charge on any atom is -0.454 e. The molecule has 124 valence electrons. The highest BCUT2D eigenvalue weighted by atomic mass is 16.7. The average molecular weight is 326 g/mol. The standard InChI is InChI=1S/C19H18O5/c1-11-4-5-14(8-12(11)2)18(20)13(3)24-19(21)15-6-7-16-17(9-15)23-10-22-16/h4-9,13H,10H2,1-3H3/t13-/m0/s1. The smallest absolute Gasteiger partial charge is 0.338 e. The second-order valence-corrected chi connectivity index (χ2v) is 5.78. The molecule has 2 aromatic rings. The van der Waals surface area contributed by atoms with Gasteiger partial charge in [-0.1, -0.05) is 12.1 Å². The number of hydrogen-bond donors (Lipinski definition) is 0. The highest BCUT2D eigenvalue weighted by molar-refractivity contribution is 6.01. The molecule has 0 spiro atoms. The second-order valence-electron chi connectivity index (χ2n) is 5.78. The first-order valence-electron chi connectivity index (χ1n) is 7.68. The maximum atomic E-state index is 12.4. The highest BCUT2D eigenvalue weighted by Crippen LogP contribution is 2.32. The van der Waals surface area contributed by atoms with Gasteiger partial charge in [0, 0.05) is 5.56 Å². The zero-order valence-corrected chi connectivity index (χ0v) is 13.8. The Morgan fingerprint density at radius 2 is 1.67 bits per heavy atom. The Bertz CT molecular complexity index is 809. The predicted octanol–water partition coefficient (Wildman–Crippen LogP) is 3.46. The van der Waals surface area contributed by atoms with Crippen molar-refractivity contribution in [1.82, 2.24) is 0 Å².